The summed E-state index contributed by atoms with van der Waals surface area (Å²) in [5.74, 6) is -2.45. The van der Waals surface area contributed by atoms with Crippen LogP contribution < -0.4 is 0 Å². The van der Waals surface area contributed by atoms with Crippen molar-refractivity contribution in [3.8, 4) is 0 Å². The van der Waals surface area contributed by atoms with Crippen LogP contribution in [0.2, 0.25) is 0 Å². The van der Waals surface area contributed by atoms with Gasteiger partial charge >= 0.3 is 11.9 Å². The number of carboxylic acids is 2. The topological polar surface area (TPSA) is 74.6 Å². The van der Waals surface area contributed by atoms with E-state index in [1.165, 1.54) is 0 Å². The van der Waals surface area contributed by atoms with Gasteiger partial charge in [0.05, 0.1) is 6.42 Å². The molecule has 0 saturated carbocycles. The van der Waals surface area contributed by atoms with Crippen molar-refractivity contribution in [1.82, 2.24) is 0 Å². The zero-order valence-corrected chi connectivity index (χ0v) is 6.49. The first-order valence-electron chi connectivity index (χ1n) is 3.21. The average molecular weight is 170 g/mol. The highest BCUT2D eigenvalue weighted by Gasteiger charge is 2.34. The van der Waals surface area contributed by atoms with Gasteiger partial charge < -0.3 is 10.2 Å². The lowest BCUT2D eigenvalue weighted by atomic mass is 9.85. The summed E-state index contributed by atoms with van der Waals surface area (Å²) in [5.41, 5.74) is -1.55. The second-order valence-electron chi connectivity index (χ2n) is 2.32. The zero-order chi connectivity index (χ0) is 9.78. The summed E-state index contributed by atoms with van der Waals surface area (Å²) in [6, 6.07) is 0. The lowest BCUT2D eigenvalue weighted by Crippen LogP contribution is -2.29. The van der Waals surface area contributed by atoms with E-state index < -0.39 is 23.8 Å². The molecule has 0 saturated heterocycles. The van der Waals surface area contributed by atoms with Crippen molar-refractivity contribution in [3.05, 3.63) is 25.3 Å². The second kappa shape index (κ2) is 3.71. The lowest BCUT2D eigenvalue weighted by Gasteiger charge is -2.18. The van der Waals surface area contributed by atoms with Crippen LogP contribution in [0.25, 0.3) is 0 Å². The molecule has 0 atom stereocenters. The number of rotatable bonds is 5. The lowest BCUT2D eigenvalue weighted by molar-refractivity contribution is -0.150. The molecule has 12 heavy (non-hydrogen) atoms. The van der Waals surface area contributed by atoms with E-state index >= 15 is 0 Å². The van der Waals surface area contributed by atoms with Crippen LogP contribution in [0.4, 0.5) is 0 Å². The largest absolute Gasteiger partial charge is 0.481 e. The quantitative estimate of drug-likeness (QED) is 0.601. The third-order valence-corrected chi connectivity index (χ3v) is 1.57. The predicted octanol–water partition coefficient (Wildman–Crippen LogP) is 0.904. The van der Waals surface area contributed by atoms with Crippen LogP contribution in [0.5, 0.6) is 0 Å². The molecular weight excluding hydrogens is 160 g/mol. The SMILES string of the molecule is C=CC(C=C)(CC(=O)O)C(=O)O. The molecule has 0 aliphatic rings. The van der Waals surface area contributed by atoms with Gasteiger partial charge in [0.1, 0.15) is 5.41 Å². The van der Waals surface area contributed by atoms with E-state index in [0.717, 1.165) is 12.2 Å². The summed E-state index contributed by atoms with van der Waals surface area (Å²) >= 11 is 0. The van der Waals surface area contributed by atoms with E-state index in [4.69, 9.17) is 10.2 Å². The van der Waals surface area contributed by atoms with Gasteiger partial charge in [-0.05, 0) is 0 Å². The van der Waals surface area contributed by atoms with Crippen molar-refractivity contribution < 1.29 is 19.8 Å². The molecule has 0 bridgehead atoms. The first-order chi connectivity index (χ1) is 5.48. The molecule has 0 radical (unpaired) electrons. The van der Waals surface area contributed by atoms with Gasteiger partial charge in [0.25, 0.3) is 0 Å². The second-order valence-corrected chi connectivity index (χ2v) is 2.32. The van der Waals surface area contributed by atoms with Crippen molar-refractivity contribution >= 4 is 11.9 Å². The fourth-order valence-corrected chi connectivity index (χ4v) is 0.728. The van der Waals surface area contributed by atoms with Crippen LogP contribution in [-0.2, 0) is 9.59 Å². The molecule has 0 aliphatic heterocycles. The summed E-state index contributed by atoms with van der Waals surface area (Å²) < 4.78 is 0. The number of carbonyl (C=O) groups is 2. The molecule has 0 heterocycles. The van der Waals surface area contributed by atoms with Crippen LogP contribution in [0.1, 0.15) is 6.42 Å². The van der Waals surface area contributed by atoms with Crippen molar-refractivity contribution in [1.29, 1.82) is 0 Å². The molecular formula is C8H10O4. The summed E-state index contributed by atoms with van der Waals surface area (Å²) in [7, 11) is 0. The molecule has 0 fully saturated rings. The van der Waals surface area contributed by atoms with Crippen LogP contribution >= 0.6 is 0 Å². The smallest absolute Gasteiger partial charge is 0.317 e. The first-order valence-corrected chi connectivity index (χ1v) is 3.21. The Balaban J connectivity index is 4.82. The molecule has 66 valence electrons. The summed E-state index contributed by atoms with van der Waals surface area (Å²) in [6.07, 6.45) is 1.60. The van der Waals surface area contributed by atoms with Gasteiger partial charge in [-0.1, -0.05) is 12.2 Å². The molecule has 0 aromatic carbocycles. The minimum atomic E-state index is -1.55. The van der Waals surface area contributed by atoms with Crippen molar-refractivity contribution in [2.45, 2.75) is 6.42 Å². The minimum absolute atomic E-state index is 0.532. The van der Waals surface area contributed by atoms with Crippen LogP contribution in [0.15, 0.2) is 25.3 Å². The highest BCUT2D eigenvalue weighted by Crippen LogP contribution is 2.25. The Kier molecular flexibility index (Phi) is 3.22. The van der Waals surface area contributed by atoms with E-state index in [1.807, 2.05) is 0 Å². The van der Waals surface area contributed by atoms with Crippen LogP contribution in [-0.4, -0.2) is 22.2 Å². The molecule has 0 amide bonds. The average Bonchev–Trinajstić information content (AvgIpc) is 1.99. The maximum Gasteiger partial charge on any atom is 0.317 e. The van der Waals surface area contributed by atoms with Crippen molar-refractivity contribution in [2.24, 2.45) is 5.41 Å². The molecule has 2 N–H and O–H groups in total. The Morgan fingerprint density at radius 3 is 1.75 bits per heavy atom. The van der Waals surface area contributed by atoms with Crippen LogP contribution in [0.3, 0.4) is 0 Å². The fraction of sp³-hybridized carbons (Fsp3) is 0.250. The monoisotopic (exact) mass is 170 g/mol. The first kappa shape index (κ1) is 10.4. The van der Waals surface area contributed by atoms with Gasteiger partial charge in [-0.2, -0.15) is 0 Å². The molecule has 0 rings (SSSR count). The Hall–Kier alpha value is -1.58. The fourth-order valence-electron chi connectivity index (χ4n) is 0.728. The molecule has 4 heteroatoms. The predicted molar refractivity (Wildman–Crippen MR) is 42.7 cm³/mol. The molecule has 0 aliphatic carbocycles. The molecule has 0 spiro atoms. The normalized spacial score (nSPS) is 10.3. The number of hydrogen-bond donors (Lipinski definition) is 2. The van der Waals surface area contributed by atoms with Gasteiger partial charge in [0.15, 0.2) is 0 Å². The van der Waals surface area contributed by atoms with Crippen LogP contribution in [0, 0.1) is 5.41 Å². The summed E-state index contributed by atoms with van der Waals surface area (Å²) in [5, 5.41) is 17.1. The minimum Gasteiger partial charge on any atom is -0.481 e. The molecule has 4 nitrogen and oxygen atoms in total. The molecule has 0 unspecified atom stereocenters. The highest BCUT2D eigenvalue weighted by molar-refractivity contribution is 5.85. The maximum atomic E-state index is 10.6. The standard InChI is InChI=1S/C8H10O4/c1-3-8(4-2,7(11)12)5-6(9)10/h3-4H,1-2,5H2,(H,9,10)(H,11,12). The van der Waals surface area contributed by atoms with E-state index in [-0.39, 0.29) is 0 Å². The highest BCUT2D eigenvalue weighted by atomic mass is 16.4. The Bertz CT molecular complexity index is 221. The number of carboxylic acid groups (broad SMARTS) is 2. The third-order valence-electron chi connectivity index (χ3n) is 1.57. The molecule has 0 aromatic rings. The van der Waals surface area contributed by atoms with Gasteiger partial charge in [-0.15, -0.1) is 13.2 Å². The van der Waals surface area contributed by atoms with Gasteiger partial charge in [-0.3, -0.25) is 9.59 Å². The molecule has 0 aromatic heterocycles. The summed E-state index contributed by atoms with van der Waals surface area (Å²) in [4.78, 5) is 20.9. The van der Waals surface area contributed by atoms with E-state index in [0.29, 0.717) is 0 Å². The van der Waals surface area contributed by atoms with E-state index in [9.17, 15) is 9.59 Å². The van der Waals surface area contributed by atoms with E-state index in [1.54, 1.807) is 0 Å². The van der Waals surface area contributed by atoms with Gasteiger partial charge in [-0.25, -0.2) is 0 Å². The third kappa shape index (κ3) is 1.95. The maximum absolute atomic E-state index is 10.6. The van der Waals surface area contributed by atoms with Crippen molar-refractivity contribution in [2.75, 3.05) is 0 Å². The van der Waals surface area contributed by atoms with E-state index in [2.05, 4.69) is 13.2 Å². The zero-order valence-electron chi connectivity index (χ0n) is 6.49. The Morgan fingerprint density at radius 1 is 1.25 bits per heavy atom. The van der Waals surface area contributed by atoms with Crippen molar-refractivity contribution in [3.63, 3.8) is 0 Å². The summed E-state index contributed by atoms with van der Waals surface area (Å²) in [6.45, 7) is 6.53. The van der Waals surface area contributed by atoms with Gasteiger partial charge in [0.2, 0.25) is 0 Å². The Morgan fingerprint density at radius 2 is 1.67 bits per heavy atom. The number of hydrogen-bond acceptors (Lipinski definition) is 2. The Labute approximate surface area is 69.8 Å². The van der Waals surface area contributed by atoms with Gasteiger partial charge in [0, 0.05) is 0 Å². The number of aliphatic carboxylic acids is 2.